The van der Waals surface area contributed by atoms with Crippen LogP contribution in [0.4, 0.5) is 10.5 Å². The van der Waals surface area contributed by atoms with Crippen LogP contribution < -0.4 is 5.32 Å². The summed E-state index contributed by atoms with van der Waals surface area (Å²) >= 11 is 0. The van der Waals surface area contributed by atoms with E-state index in [4.69, 9.17) is 0 Å². The molecule has 0 spiro atoms. The zero-order valence-electron chi connectivity index (χ0n) is 15.3. The van der Waals surface area contributed by atoms with Crippen molar-refractivity contribution in [3.63, 3.8) is 0 Å². The smallest absolute Gasteiger partial charge is 0.408 e. The summed E-state index contributed by atoms with van der Waals surface area (Å²) in [4.78, 5) is 26.5. The molecule has 0 aliphatic carbocycles. The number of amides is 2. The molecule has 0 radical (unpaired) electrons. The molecule has 1 unspecified atom stereocenters. The molecule has 5 heteroatoms. The van der Waals surface area contributed by atoms with Gasteiger partial charge in [-0.25, -0.2) is 4.79 Å². The molecule has 2 N–H and O–H groups in total. The second kappa shape index (κ2) is 6.46. The monoisotopic (exact) mass is 332 g/mol. The second-order valence-electron chi connectivity index (χ2n) is 7.72. The first-order chi connectivity index (χ1) is 11.1. The Kier molecular flexibility index (Phi) is 4.92. The van der Waals surface area contributed by atoms with Crippen molar-refractivity contribution in [2.45, 2.75) is 59.4 Å². The van der Waals surface area contributed by atoms with Crippen molar-refractivity contribution in [2.75, 3.05) is 11.9 Å². The third-order valence-corrected chi connectivity index (χ3v) is 5.20. The fraction of sp³-hybridized carbons (Fsp3) is 0.579. The average Bonchev–Trinajstić information content (AvgIpc) is 2.49. The van der Waals surface area contributed by atoms with Crippen LogP contribution in [0.2, 0.25) is 0 Å². The Labute approximate surface area is 144 Å². The number of para-hydroxylation sites is 1. The van der Waals surface area contributed by atoms with E-state index in [9.17, 15) is 14.7 Å². The molecule has 5 nitrogen and oxygen atoms in total. The lowest BCUT2D eigenvalue weighted by Crippen LogP contribution is -2.67. The topological polar surface area (TPSA) is 69.6 Å². The number of aryl methyl sites for hydroxylation is 2. The van der Waals surface area contributed by atoms with E-state index in [0.717, 1.165) is 29.7 Å². The normalized spacial score (nSPS) is 21.5. The molecular weight excluding hydrogens is 304 g/mol. The van der Waals surface area contributed by atoms with Gasteiger partial charge in [0.1, 0.15) is 5.54 Å². The summed E-state index contributed by atoms with van der Waals surface area (Å²) in [7, 11) is 0. The van der Waals surface area contributed by atoms with E-state index in [1.54, 1.807) is 0 Å². The van der Waals surface area contributed by atoms with Gasteiger partial charge in [0.25, 0.3) is 5.91 Å². The van der Waals surface area contributed by atoms with Crippen LogP contribution in [0, 0.1) is 19.3 Å². The maximum absolute atomic E-state index is 13.3. The van der Waals surface area contributed by atoms with Crippen molar-refractivity contribution in [1.29, 1.82) is 0 Å². The van der Waals surface area contributed by atoms with Gasteiger partial charge in [-0.2, -0.15) is 0 Å². The van der Waals surface area contributed by atoms with Crippen molar-refractivity contribution < 1.29 is 14.7 Å². The molecule has 1 fully saturated rings. The molecule has 1 aliphatic rings. The maximum Gasteiger partial charge on any atom is 0.408 e. The van der Waals surface area contributed by atoms with Crippen molar-refractivity contribution in [1.82, 2.24) is 4.90 Å². The molecule has 0 saturated carbocycles. The Bertz CT molecular complexity index is 628. The number of anilines is 1. The number of carbonyl (C=O) groups is 2. The van der Waals surface area contributed by atoms with Gasteiger partial charge >= 0.3 is 6.09 Å². The number of nitrogens with one attached hydrogen (secondary N) is 1. The van der Waals surface area contributed by atoms with Crippen LogP contribution in [0.15, 0.2) is 18.2 Å². The Morgan fingerprint density at radius 3 is 2.25 bits per heavy atom. The Hall–Kier alpha value is -2.04. The molecule has 2 rings (SSSR count). The molecule has 1 saturated heterocycles. The Morgan fingerprint density at radius 2 is 1.75 bits per heavy atom. The van der Waals surface area contributed by atoms with E-state index in [1.807, 2.05) is 52.8 Å². The summed E-state index contributed by atoms with van der Waals surface area (Å²) in [6.07, 6.45) is 1.16. The van der Waals surface area contributed by atoms with Crippen molar-refractivity contribution in [2.24, 2.45) is 5.41 Å². The van der Waals surface area contributed by atoms with Crippen molar-refractivity contribution >= 4 is 17.7 Å². The van der Waals surface area contributed by atoms with Crippen molar-refractivity contribution in [3.8, 4) is 0 Å². The number of nitrogens with zero attached hydrogens (tertiary/aromatic N) is 1. The molecular formula is C19H28N2O3. The minimum absolute atomic E-state index is 0.227. The number of benzene rings is 1. The Morgan fingerprint density at radius 1 is 1.17 bits per heavy atom. The molecule has 0 bridgehead atoms. The number of rotatable bonds is 2. The van der Waals surface area contributed by atoms with Gasteiger partial charge in [0.15, 0.2) is 0 Å². The van der Waals surface area contributed by atoms with E-state index >= 15 is 0 Å². The van der Waals surface area contributed by atoms with E-state index in [2.05, 4.69) is 5.32 Å². The first-order valence-electron chi connectivity index (χ1n) is 8.49. The third kappa shape index (κ3) is 2.99. The molecule has 1 aromatic carbocycles. The van der Waals surface area contributed by atoms with Crippen LogP contribution in [0.3, 0.4) is 0 Å². The number of hydrogen-bond donors (Lipinski definition) is 2. The fourth-order valence-electron chi connectivity index (χ4n) is 3.82. The summed E-state index contributed by atoms with van der Waals surface area (Å²) in [5, 5.41) is 12.7. The van der Waals surface area contributed by atoms with Crippen LogP contribution in [-0.2, 0) is 4.79 Å². The molecule has 1 atom stereocenters. The molecule has 2 amide bonds. The highest BCUT2D eigenvalue weighted by Gasteiger charge is 2.55. The quantitative estimate of drug-likeness (QED) is 0.853. The molecule has 1 aromatic rings. The van der Waals surface area contributed by atoms with Gasteiger partial charge in [-0.3, -0.25) is 9.69 Å². The molecule has 1 heterocycles. The predicted molar refractivity (Wildman–Crippen MR) is 95.3 cm³/mol. The fourth-order valence-corrected chi connectivity index (χ4v) is 3.82. The minimum atomic E-state index is -1.06. The molecule has 24 heavy (non-hydrogen) atoms. The summed E-state index contributed by atoms with van der Waals surface area (Å²) in [5.41, 5.74) is 1.16. The van der Waals surface area contributed by atoms with Gasteiger partial charge in [0, 0.05) is 12.2 Å². The summed E-state index contributed by atoms with van der Waals surface area (Å²) < 4.78 is 0. The van der Waals surface area contributed by atoms with E-state index in [1.165, 1.54) is 4.90 Å². The molecule has 1 aliphatic heterocycles. The van der Waals surface area contributed by atoms with E-state index in [-0.39, 0.29) is 5.91 Å². The summed E-state index contributed by atoms with van der Waals surface area (Å²) in [6.45, 7) is 10.1. The third-order valence-electron chi connectivity index (χ3n) is 5.20. The van der Waals surface area contributed by atoms with Crippen molar-refractivity contribution in [3.05, 3.63) is 29.3 Å². The highest BCUT2D eigenvalue weighted by molar-refractivity contribution is 6.01. The second-order valence-corrected chi connectivity index (χ2v) is 7.72. The summed E-state index contributed by atoms with van der Waals surface area (Å²) in [6, 6.07) is 5.84. The predicted octanol–water partition coefficient (Wildman–Crippen LogP) is 4.19. The zero-order chi connectivity index (χ0) is 18.1. The highest BCUT2D eigenvalue weighted by atomic mass is 16.4. The molecule has 0 aromatic heterocycles. The highest BCUT2D eigenvalue weighted by Crippen LogP contribution is 2.43. The summed E-state index contributed by atoms with van der Waals surface area (Å²) in [5.74, 6) is -0.227. The van der Waals surface area contributed by atoms with Gasteiger partial charge in [0.2, 0.25) is 0 Å². The van der Waals surface area contributed by atoms with E-state index in [0.29, 0.717) is 13.0 Å². The van der Waals surface area contributed by atoms with Crippen LogP contribution in [0.5, 0.6) is 0 Å². The lowest BCUT2D eigenvalue weighted by atomic mass is 9.67. The van der Waals surface area contributed by atoms with Gasteiger partial charge in [0.05, 0.1) is 0 Å². The average molecular weight is 332 g/mol. The maximum atomic E-state index is 13.3. The standard InChI is InChI=1S/C19H28N2O3/c1-13-9-8-10-14(2)15(13)20-16(22)19(18(3,4)5)11-6-7-12-21(19)17(23)24/h8-10H,6-7,11-12H2,1-5H3,(H,20,22)(H,23,24). The lowest BCUT2D eigenvalue weighted by molar-refractivity contribution is -0.137. The van der Waals surface area contributed by atoms with E-state index < -0.39 is 17.0 Å². The zero-order valence-corrected chi connectivity index (χ0v) is 15.3. The number of hydrogen-bond acceptors (Lipinski definition) is 2. The lowest BCUT2D eigenvalue weighted by Gasteiger charge is -2.52. The van der Waals surface area contributed by atoms with Crippen LogP contribution in [0.1, 0.15) is 51.2 Å². The minimum Gasteiger partial charge on any atom is -0.465 e. The Balaban J connectivity index is 2.48. The first-order valence-corrected chi connectivity index (χ1v) is 8.49. The van der Waals surface area contributed by atoms with Crippen LogP contribution in [0.25, 0.3) is 0 Å². The number of likely N-dealkylation sites (tertiary alicyclic amines) is 1. The molecule has 132 valence electrons. The number of piperidine rings is 1. The number of carboxylic acid groups (broad SMARTS) is 1. The van der Waals surface area contributed by atoms with Gasteiger partial charge in [-0.15, -0.1) is 0 Å². The van der Waals surface area contributed by atoms with Gasteiger partial charge < -0.3 is 10.4 Å². The largest absolute Gasteiger partial charge is 0.465 e. The first kappa shape index (κ1) is 18.3. The van der Waals surface area contributed by atoms with Gasteiger partial charge in [-0.05, 0) is 49.7 Å². The van der Waals surface area contributed by atoms with Gasteiger partial charge in [-0.1, -0.05) is 39.0 Å². The number of carbonyl (C=O) groups excluding carboxylic acids is 1. The van der Waals surface area contributed by atoms with Crippen LogP contribution >= 0.6 is 0 Å². The van der Waals surface area contributed by atoms with Crippen LogP contribution in [-0.4, -0.2) is 34.1 Å². The SMILES string of the molecule is Cc1cccc(C)c1NC(=O)C1(C(C)(C)C)CCCCN1C(=O)O.